The Morgan fingerprint density at radius 2 is 1.00 bits per heavy atom. The molecule has 0 aliphatic heterocycles. The van der Waals surface area contributed by atoms with E-state index in [4.69, 9.17) is 0 Å². The van der Waals surface area contributed by atoms with E-state index < -0.39 is 0 Å². The molecule has 0 atom stereocenters. The molecule has 0 rings (SSSR count). The van der Waals surface area contributed by atoms with Crippen molar-refractivity contribution in [2.24, 2.45) is 0 Å². The van der Waals surface area contributed by atoms with Gasteiger partial charge in [-0.15, -0.1) is 0 Å². The van der Waals surface area contributed by atoms with Crippen LogP contribution in [0.5, 0.6) is 0 Å². The van der Waals surface area contributed by atoms with Crippen LogP contribution >= 0.6 is 0 Å². The molecule has 0 spiro atoms. The number of hydrogen-bond acceptors (Lipinski definition) is 0. The molecule has 0 aliphatic rings. The summed E-state index contributed by atoms with van der Waals surface area (Å²) in [5.74, 6) is 0. The van der Waals surface area contributed by atoms with Crippen LogP contribution in [0.15, 0.2) is 0 Å². The first kappa shape index (κ1) is 26.7. The third-order valence-corrected chi connectivity index (χ3v) is 0. The maximum atomic E-state index is 0. The SMILES string of the molecule is [Ce].[Pd].[Rh].[Ru]. The summed E-state index contributed by atoms with van der Waals surface area (Å²) in [6, 6.07) is 0. The summed E-state index contributed by atoms with van der Waals surface area (Å²) >= 11 is 0. The van der Waals surface area contributed by atoms with Gasteiger partial charge in [-0.25, -0.2) is 0 Å². The van der Waals surface area contributed by atoms with Gasteiger partial charge in [-0.1, -0.05) is 0 Å². The molecular weight excluding hydrogens is 451 g/mol. The van der Waals surface area contributed by atoms with Crippen molar-refractivity contribution in [2.45, 2.75) is 0 Å². The van der Waals surface area contributed by atoms with Crippen LogP contribution in [0.1, 0.15) is 0 Å². The second-order valence-electron chi connectivity index (χ2n) is 0. The van der Waals surface area contributed by atoms with E-state index >= 15 is 0 Å². The molecule has 0 nitrogen and oxygen atoms in total. The van der Waals surface area contributed by atoms with Gasteiger partial charge in [-0.05, 0) is 0 Å². The fraction of sp³-hybridized carbons (Fsp3) is 0. The average molecular weight is 451 g/mol. The molecule has 0 aromatic heterocycles. The molecular formula is CePdRhRu. The van der Waals surface area contributed by atoms with Crippen molar-refractivity contribution in [3.8, 4) is 0 Å². The third kappa shape index (κ3) is 8.99. The summed E-state index contributed by atoms with van der Waals surface area (Å²) in [6.07, 6.45) is 0. The molecule has 4 heavy (non-hydrogen) atoms. The average Bonchev–Trinajstić information content (AvgIpc) is 0. The monoisotopic (exact) mass is 451 g/mol. The molecule has 0 N–H and O–H groups in total. The van der Waals surface area contributed by atoms with Crippen LogP contribution in [0.4, 0.5) is 0 Å². The van der Waals surface area contributed by atoms with Crippen molar-refractivity contribution in [1.82, 2.24) is 0 Å². The summed E-state index contributed by atoms with van der Waals surface area (Å²) in [6.45, 7) is 0. The van der Waals surface area contributed by atoms with Crippen LogP contribution in [-0.4, -0.2) is 0 Å². The molecule has 0 amide bonds. The third-order valence-electron chi connectivity index (χ3n) is 0. The van der Waals surface area contributed by atoms with Crippen LogP contribution in [0.3, 0.4) is 0 Å². The van der Waals surface area contributed by atoms with Crippen LogP contribution in [-0.2, 0) is 59.4 Å². The van der Waals surface area contributed by atoms with E-state index in [1.165, 1.54) is 0 Å². The van der Waals surface area contributed by atoms with Gasteiger partial charge in [0.05, 0.1) is 0 Å². The fourth-order valence-corrected chi connectivity index (χ4v) is 0. The Balaban J connectivity index is 0. The minimum Gasteiger partial charge on any atom is 0 e. The molecule has 0 aliphatic carbocycles. The standard InChI is InChI=1S/Ce.Pd.Rh.Ru. The van der Waals surface area contributed by atoms with Crippen LogP contribution in [0, 0.1) is 41.7 Å². The molecule has 0 unspecified atom stereocenters. The topological polar surface area (TPSA) is 0 Å². The van der Waals surface area contributed by atoms with Crippen molar-refractivity contribution in [3.63, 3.8) is 0 Å². The minimum atomic E-state index is 0. The second kappa shape index (κ2) is 16.3. The van der Waals surface area contributed by atoms with E-state index in [1.54, 1.807) is 0 Å². The van der Waals surface area contributed by atoms with E-state index in [1.807, 2.05) is 0 Å². The van der Waals surface area contributed by atoms with Gasteiger partial charge in [0, 0.05) is 101 Å². The van der Waals surface area contributed by atoms with Crippen LogP contribution < -0.4 is 0 Å². The Kier molecular flexibility index (Phi) is 108. The molecule has 0 saturated carbocycles. The van der Waals surface area contributed by atoms with Gasteiger partial charge in [0.2, 0.25) is 0 Å². The van der Waals surface area contributed by atoms with Crippen molar-refractivity contribution >= 4 is 0 Å². The molecule has 0 bridgehead atoms. The zero-order valence-corrected chi connectivity index (χ0v) is 9.57. The molecule has 4 heteroatoms. The zero-order valence-electron chi connectivity index (χ0n) is 1.50. The van der Waals surface area contributed by atoms with E-state index in [0.29, 0.717) is 0 Å². The van der Waals surface area contributed by atoms with Gasteiger partial charge in [0.15, 0.2) is 0 Å². The summed E-state index contributed by atoms with van der Waals surface area (Å²) in [5.41, 5.74) is 0. The van der Waals surface area contributed by atoms with Crippen molar-refractivity contribution < 1.29 is 101 Å². The summed E-state index contributed by atoms with van der Waals surface area (Å²) in [7, 11) is 0. The van der Waals surface area contributed by atoms with Gasteiger partial charge >= 0.3 is 0 Å². The van der Waals surface area contributed by atoms with Gasteiger partial charge in [0.1, 0.15) is 0 Å². The quantitative estimate of drug-likeness (QED) is 0.456. The summed E-state index contributed by atoms with van der Waals surface area (Å²) in [4.78, 5) is 0. The molecule has 0 aromatic carbocycles. The first-order chi connectivity index (χ1) is 0. The van der Waals surface area contributed by atoms with Crippen molar-refractivity contribution in [3.05, 3.63) is 0 Å². The smallest absolute Gasteiger partial charge is 0 e. The van der Waals surface area contributed by atoms with Crippen molar-refractivity contribution in [2.75, 3.05) is 0 Å². The van der Waals surface area contributed by atoms with Crippen molar-refractivity contribution in [1.29, 1.82) is 0 Å². The van der Waals surface area contributed by atoms with Crippen LogP contribution in [0.25, 0.3) is 0 Å². The summed E-state index contributed by atoms with van der Waals surface area (Å²) in [5, 5.41) is 0. The normalized spacial score (nSPS) is 0. The van der Waals surface area contributed by atoms with E-state index in [0.717, 1.165) is 0 Å². The summed E-state index contributed by atoms with van der Waals surface area (Å²) < 4.78 is 0. The first-order valence-corrected chi connectivity index (χ1v) is 0. The Morgan fingerprint density at radius 1 is 1.00 bits per heavy atom. The number of rotatable bonds is 0. The maximum absolute atomic E-state index is 0. The van der Waals surface area contributed by atoms with Gasteiger partial charge in [-0.3, -0.25) is 0 Å². The van der Waals surface area contributed by atoms with Gasteiger partial charge in [0.25, 0.3) is 0 Å². The van der Waals surface area contributed by atoms with Gasteiger partial charge in [-0.2, -0.15) is 0 Å². The minimum absolute atomic E-state index is 0. The van der Waals surface area contributed by atoms with E-state index in [9.17, 15) is 0 Å². The largest absolute Gasteiger partial charge is 0 e. The molecule has 1 radical (unpaired) electrons. The fourth-order valence-electron chi connectivity index (χ4n) is 0. The Bertz CT molecular complexity index is 8.00. The van der Waals surface area contributed by atoms with E-state index in [2.05, 4.69) is 0 Å². The predicted octanol–water partition coefficient (Wildman–Crippen LogP) is -0.00750. The molecule has 31 valence electrons. The number of hydrogen-bond donors (Lipinski definition) is 0. The second-order valence-corrected chi connectivity index (χ2v) is 0. The maximum Gasteiger partial charge on any atom is 0 e. The Labute approximate surface area is 98.8 Å². The Hall–Kier alpha value is 3.29. The first-order valence-electron chi connectivity index (χ1n) is 0. The Morgan fingerprint density at radius 3 is 1.00 bits per heavy atom. The molecule has 0 saturated heterocycles. The zero-order chi connectivity index (χ0) is 0. The van der Waals surface area contributed by atoms with E-state index in [-0.39, 0.29) is 101 Å². The molecule has 0 heterocycles. The van der Waals surface area contributed by atoms with Crippen LogP contribution in [0.2, 0.25) is 0 Å². The predicted molar refractivity (Wildman–Crippen MR) is 0 cm³/mol. The van der Waals surface area contributed by atoms with Gasteiger partial charge < -0.3 is 0 Å². The molecule has 0 fully saturated rings. The molecule has 0 aromatic rings.